The third-order valence-corrected chi connectivity index (χ3v) is 3.43. The molecule has 0 spiro atoms. The number of anilines is 1. The summed E-state index contributed by atoms with van der Waals surface area (Å²) in [6.45, 7) is 6.37. The quantitative estimate of drug-likeness (QED) is 0.750. The Morgan fingerprint density at radius 2 is 2.00 bits per heavy atom. The molecule has 0 saturated carbocycles. The van der Waals surface area contributed by atoms with Crippen molar-refractivity contribution in [1.82, 2.24) is 4.98 Å². The highest BCUT2D eigenvalue weighted by molar-refractivity contribution is 9.11. The van der Waals surface area contributed by atoms with Crippen molar-refractivity contribution >= 4 is 33.1 Å². The van der Waals surface area contributed by atoms with Crippen LogP contribution in [-0.4, -0.2) is 4.98 Å². The molecule has 0 aliphatic heterocycles. The fourth-order valence-electron chi connectivity index (χ4n) is 0.634. The van der Waals surface area contributed by atoms with Gasteiger partial charge in [0.05, 0.1) is 0 Å². The second kappa shape index (κ2) is 2.75. The van der Waals surface area contributed by atoms with Gasteiger partial charge in [-0.2, -0.15) is 0 Å². The number of rotatable bonds is 0. The molecule has 4 heteroatoms. The van der Waals surface area contributed by atoms with E-state index in [0.29, 0.717) is 5.82 Å². The average Bonchev–Trinajstić information content (AvgIpc) is 2.11. The molecular formula is C7H11BrN2S. The van der Waals surface area contributed by atoms with E-state index in [1.54, 1.807) is 11.3 Å². The molecule has 1 aromatic heterocycles. The van der Waals surface area contributed by atoms with Crippen molar-refractivity contribution in [3.8, 4) is 0 Å². The molecule has 1 aromatic rings. The van der Waals surface area contributed by atoms with Crippen LogP contribution in [-0.2, 0) is 5.41 Å². The Balaban J connectivity index is 3.08. The van der Waals surface area contributed by atoms with E-state index in [1.165, 1.54) is 0 Å². The molecule has 0 aliphatic carbocycles. The maximum absolute atomic E-state index is 5.59. The highest BCUT2D eigenvalue weighted by Crippen LogP contribution is 2.33. The van der Waals surface area contributed by atoms with Gasteiger partial charge in [0, 0.05) is 5.41 Å². The van der Waals surface area contributed by atoms with Gasteiger partial charge in [-0.3, -0.25) is 0 Å². The molecule has 62 valence electrons. The topological polar surface area (TPSA) is 38.9 Å². The predicted octanol–water partition coefficient (Wildman–Crippen LogP) is 2.79. The first-order chi connectivity index (χ1) is 4.91. The number of halogens is 1. The molecule has 1 heterocycles. The second-order valence-electron chi connectivity index (χ2n) is 3.43. The Bertz CT molecular complexity index is 242. The summed E-state index contributed by atoms with van der Waals surface area (Å²) in [7, 11) is 0. The van der Waals surface area contributed by atoms with E-state index in [9.17, 15) is 0 Å². The van der Waals surface area contributed by atoms with Crippen LogP contribution < -0.4 is 5.73 Å². The number of nitrogens with two attached hydrogens (primary N) is 1. The summed E-state index contributed by atoms with van der Waals surface area (Å²) in [4.78, 5) is 4.23. The Labute approximate surface area is 79.0 Å². The lowest BCUT2D eigenvalue weighted by Crippen LogP contribution is -2.10. The molecule has 2 N–H and O–H groups in total. The van der Waals surface area contributed by atoms with E-state index >= 15 is 0 Å². The summed E-state index contributed by atoms with van der Waals surface area (Å²) in [5.41, 5.74) is 5.69. The standard InChI is InChI=1S/C7H11BrN2S/c1-7(2,3)6-10-5(9)4(8)11-6/h9H2,1-3H3. The van der Waals surface area contributed by atoms with E-state index in [4.69, 9.17) is 5.73 Å². The lowest BCUT2D eigenvalue weighted by molar-refractivity contribution is 0.586. The molecule has 0 aliphatic rings. The molecule has 11 heavy (non-hydrogen) atoms. The van der Waals surface area contributed by atoms with Gasteiger partial charge in [0.2, 0.25) is 0 Å². The molecule has 0 saturated heterocycles. The minimum Gasteiger partial charge on any atom is -0.382 e. The van der Waals surface area contributed by atoms with Gasteiger partial charge in [-0.05, 0) is 15.9 Å². The fourth-order valence-corrected chi connectivity index (χ4v) is 1.95. The van der Waals surface area contributed by atoms with Crippen LogP contribution in [0.2, 0.25) is 0 Å². The van der Waals surface area contributed by atoms with Gasteiger partial charge in [-0.25, -0.2) is 4.98 Å². The number of nitrogens with zero attached hydrogens (tertiary/aromatic N) is 1. The van der Waals surface area contributed by atoms with Crippen LogP contribution in [0.4, 0.5) is 5.82 Å². The highest BCUT2D eigenvalue weighted by atomic mass is 79.9. The number of thiazole rings is 1. The smallest absolute Gasteiger partial charge is 0.149 e. The maximum atomic E-state index is 5.59. The van der Waals surface area contributed by atoms with Gasteiger partial charge < -0.3 is 5.73 Å². The molecular weight excluding hydrogens is 224 g/mol. The van der Waals surface area contributed by atoms with Crippen molar-refractivity contribution in [2.24, 2.45) is 0 Å². The van der Waals surface area contributed by atoms with E-state index < -0.39 is 0 Å². The molecule has 0 aromatic carbocycles. The Morgan fingerprint density at radius 1 is 1.45 bits per heavy atom. The summed E-state index contributed by atoms with van der Waals surface area (Å²) < 4.78 is 0.933. The van der Waals surface area contributed by atoms with Gasteiger partial charge in [-0.15, -0.1) is 11.3 Å². The monoisotopic (exact) mass is 234 g/mol. The van der Waals surface area contributed by atoms with Gasteiger partial charge in [-0.1, -0.05) is 20.8 Å². The average molecular weight is 235 g/mol. The van der Waals surface area contributed by atoms with Crippen molar-refractivity contribution in [2.45, 2.75) is 26.2 Å². The minimum atomic E-state index is 0.102. The van der Waals surface area contributed by atoms with Gasteiger partial charge in [0.1, 0.15) is 14.6 Å². The summed E-state index contributed by atoms with van der Waals surface area (Å²) in [5, 5.41) is 1.07. The van der Waals surface area contributed by atoms with Gasteiger partial charge >= 0.3 is 0 Å². The molecule has 0 unspecified atom stereocenters. The van der Waals surface area contributed by atoms with Gasteiger partial charge in [0.15, 0.2) is 0 Å². The lowest BCUT2D eigenvalue weighted by Gasteiger charge is -2.13. The Kier molecular flexibility index (Phi) is 2.25. The van der Waals surface area contributed by atoms with Crippen molar-refractivity contribution < 1.29 is 0 Å². The van der Waals surface area contributed by atoms with Crippen LogP contribution >= 0.6 is 27.3 Å². The molecule has 0 bridgehead atoms. The van der Waals surface area contributed by atoms with E-state index in [-0.39, 0.29) is 5.41 Å². The Hall–Kier alpha value is -0.0900. The van der Waals surface area contributed by atoms with Crippen LogP contribution in [0.1, 0.15) is 25.8 Å². The zero-order chi connectivity index (χ0) is 8.65. The van der Waals surface area contributed by atoms with Crippen molar-refractivity contribution in [2.75, 3.05) is 5.73 Å². The second-order valence-corrected chi connectivity index (χ2v) is 5.74. The lowest BCUT2D eigenvalue weighted by atomic mass is 9.98. The van der Waals surface area contributed by atoms with Crippen LogP contribution in [0.25, 0.3) is 0 Å². The molecule has 0 atom stereocenters. The first-order valence-electron chi connectivity index (χ1n) is 3.33. The predicted molar refractivity (Wildman–Crippen MR) is 52.9 cm³/mol. The molecule has 2 nitrogen and oxygen atoms in total. The number of nitrogen functional groups attached to an aromatic ring is 1. The number of hydrogen-bond acceptors (Lipinski definition) is 3. The van der Waals surface area contributed by atoms with Crippen LogP contribution in [0.15, 0.2) is 3.79 Å². The maximum Gasteiger partial charge on any atom is 0.149 e. The van der Waals surface area contributed by atoms with Crippen LogP contribution in [0, 0.1) is 0 Å². The van der Waals surface area contributed by atoms with Crippen molar-refractivity contribution in [3.05, 3.63) is 8.79 Å². The van der Waals surface area contributed by atoms with Crippen LogP contribution in [0.3, 0.4) is 0 Å². The van der Waals surface area contributed by atoms with Crippen molar-refractivity contribution in [3.63, 3.8) is 0 Å². The largest absolute Gasteiger partial charge is 0.382 e. The zero-order valence-corrected chi connectivity index (χ0v) is 9.21. The summed E-state index contributed by atoms with van der Waals surface area (Å²) in [6, 6.07) is 0. The van der Waals surface area contributed by atoms with Gasteiger partial charge in [0.25, 0.3) is 0 Å². The Morgan fingerprint density at radius 3 is 2.18 bits per heavy atom. The summed E-state index contributed by atoms with van der Waals surface area (Å²) >= 11 is 4.94. The highest BCUT2D eigenvalue weighted by Gasteiger charge is 2.19. The number of aromatic nitrogens is 1. The third kappa shape index (κ3) is 1.93. The molecule has 0 fully saturated rings. The molecule has 0 amide bonds. The normalized spacial score (nSPS) is 12.0. The van der Waals surface area contributed by atoms with E-state index in [0.717, 1.165) is 8.79 Å². The zero-order valence-electron chi connectivity index (χ0n) is 6.81. The summed E-state index contributed by atoms with van der Waals surface area (Å²) in [5.74, 6) is 0.597. The van der Waals surface area contributed by atoms with E-state index in [1.807, 2.05) is 0 Å². The molecule has 1 rings (SSSR count). The third-order valence-electron chi connectivity index (χ3n) is 1.25. The summed E-state index contributed by atoms with van der Waals surface area (Å²) in [6.07, 6.45) is 0. The molecule has 0 radical (unpaired) electrons. The van der Waals surface area contributed by atoms with Crippen LogP contribution in [0.5, 0.6) is 0 Å². The van der Waals surface area contributed by atoms with E-state index in [2.05, 4.69) is 41.7 Å². The first kappa shape index (κ1) is 9.00. The van der Waals surface area contributed by atoms with Crippen molar-refractivity contribution in [1.29, 1.82) is 0 Å². The minimum absolute atomic E-state index is 0.102. The number of hydrogen-bond donors (Lipinski definition) is 1. The SMILES string of the molecule is CC(C)(C)c1nc(N)c(Br)s1. The first-order valence-corrected chi connectivity index (χ1v) is 4.94. The fraction of sp³-hybridized carbons (Fsp3) is 0.571.